The van der Waals surface area contributed by atoms with Crippen molar-refractivity contribution in [3.63, 3.8) is 0 Å². The molecule has 0 bridgehead atoms. The molecule has 1 aliphatic rings. The predicted octanol–water partition coefficient (Wildman–Crippen LogP) is 3.47. The molecule has 0 spiro atoms. The number of amides is 1. The molecule has 3 rings (SSSR count). The largest absolute Gasteiger partial charge is 0.374 e. The number of benzene rings is 2. The SMILES string of the molecule is C[C@H](Nc1ccc2c(c1)CCC2)C(=O)NCCc1ccc(F)cc1. The van der Waals surface area contributed by atoms with E-state index in [2.05, 4.69) is 22.8 Å². The van der Waals surface area contributed by atoms with E-state index in [4.69, 9.17) is 0 Å². The Bertz CT molecular complexity index is 712. The third kappa shape index (κ3) is 4.13. The number of hydrogen-bond donors (Lipinski definition) is 2. The van der Waals surface area contributed by atoms with E-state index in [0.717, 1.165) is 24.1 Å². The summed E-state index contributed by atoms with van der Waals surface area (Å²) in [6.45, 7) is 2.40. The highest BCUT2D eigenvalue weighted by Crippen LogP contribution is 2.25. The Hall–Kier alpha value is -2.36. The molecule has 0 unspecified atom stereocenters. The Morgan fingerprint density at radius 1 is 1.12 bits per heavy atom. The van der Waals surface area contributed by atoms with Crippen molar-refractivity contribution >= 4 is 11.6 Å². The second-order valence-electron chi connectivity index (χ2n) is 6.37. The van der Waals surface area contributed by atoms with Crippen molar-refractivity contribution in [2.24, 2.45) is 0 Å². The van der Waals surface area contributed by atoms with Crippen molar-refractivity contribution in [1.82, 2.24) is 5.32 Å². The lowest BCUT2D eigenvalue weighted by atomic mass is 10.1. The first-order valence-electron chi connectivity index (χ1n) is 8.52. The number of anilines is 1. The summed E-state index contributed by atoms with van der Waals surface area (Å²) in [5, 5.41) is 6.19. The van der Waals surface area contributed by atoms with Gasteiger partial charge in [-0.05, 0) is 73.6 Å². The number of hydrogen-bond acceptors (Lipinski definition) is 2. The molecule has 2 aromatic rings. The Labute approximate surface area is 142 Å². The molecule has 0 saturated carbocycles. The van der Waals surface area contributed by atoms with Crippen molar-refractivity contribution in [3.05, 3.63) is 65.0 Å². The third-order valence-electron chi connectivity index (χ3n) is 4.50. The summed E-state index contributed by atoms with van der Waals surface area (Å²) >= 11 is 0. The summed E-state index contributed by atoms with van der Waals surface area (Å²) in [6.07, 6.45) is 4.20. The predicted molar refractivity (Wildman–Crippen MR) is 94.7 cm³/mol. The molecule has 2 aromatic carbocycles. The summed E-state index contributed by atoms with van der Waals surface area (Å²) < 4.78 is 12.9. The monoisotopic (exact) mass is 326 g/mol. The van der Waals surface area contributed by atoms with Crippen LogP contribution in [0, 0.1) is 5.82 Å². The maximum absolute atomic E-state index is 12.9. The van der Waals surface area contributed by atoms with Crippen molar-refractivity contribution in [2.45, 2.75) is 38.6 Å². The molecular formula is C20H23FN2O. The highest BCUT2D eigenvalue weighted by Gasteiger charge is 2.14. The van der Waals surface area contributed by atoms with Crippen LogP contribution in [-0.2, 0) is 24.1 Å². The second kappa shape index (κ2) is 7.47. The number of nitrogens with one attached hydrogen (secondary N) is 2. The fraction of sp³-hybridized carbons (Fsp3) is 0.350. The van der Waals surface area contributed by atoms with Gasteiger partial charge in [-0.2, -0.15) is 0 Å². The Morgan fingerprint density at radius 3 is 2.67 bits per heavy atom. The molecule has 0 radical (unpaired) electrons. The van der Waals surface area contributed by atoms with Gasteiger partial charge < -0.3 is 10.6 Å². The molecule has 3 nitrogen and oxygen atoms in total. The zero-order valence-electron chi connectivity index (χ0n) is 13.9. The number of carbonyl (C=O) groups excluding carboxylic acids is 1. The van der Waals surface area contributed by atoms with Crippen LogP contribution in [0.25, 0.3) is 0 Å². The van der Waals surface area contributed by atoms with E-state index in [1.807, 2.05) is 13.0 Å². The van der Waals surface area contributed by atoms with Gasteiger partial charge >= 0.3 is 0 Å². The van der Waals surface area contributed by atoms with E-state index in [1.165, 1.54) is 29.7 Å². The smallest absolute Gasteiger partial charge is 0.242 e. The van der Waals surface area contributed by atoms with Gasteiger partial charge in [0.1, 0.15) is 11.9 Å². The van der Waals surface area contributed by atoms with Gasteiger partial charge in [0.25, 0.3) is 0 Å². The zero-order chi connectivity index (χ0) is 16.9. The molecule has 2 N–H and O–H groups in total. The molecule has 0 fully saturated rings. The van der Waals surface area contributed by atoms with Gasteiger partial charge in [0, 0.05) is 12.2 Å². The Morgan fingerprint density at radius 2 is 1.88 bits per heavy atom. The molecule has 0 aliphatic heterocycles. The first-order chi connectivity index (χ1) is 11.6. The van der Waals surface area contributed by atoms with Crippen molar-refractivity contribution in [3.8, 4) is 0 Å². The van der Waals surface area contributed by atoms with E-state index < -0.39 is 0 Å². The normalized spacial score (nSPS) is 14.1. The van der Waals surface area contributed by atoms with E-state index in [-0.39, 0.29) is 17.8 Å². The van der Waals surface area contributed by atoms with Crippen molar-refractivity contribution in [2.75, 3.05) is 11.9 Å². The fourth-order valence-corrected chi connectivity index (χ4v) is 3.11. The van der Waals surface area contributed by atoms with Crippen molar-refractivity contribution in [1.29, 1.82) is 0 Å². The lowest BCUT2D eigenvalue weighted by Crippen LogP contribution is -2.38. The molecule has 1 atom stereocenters. The molecule has 24 heavy (non-hydrogen) atoms. The highest BCUT2D eigenvalue weighted by atomic mass is 19.1. The summed E-state index contributed by atoms with van der Waals surface area (Å²) in [4.78, 5) is 12.2. The van der Waals surface area contributed by atoms with Gasteiger partial charge in [-0.1, -0.05) is 18.2 Å². The molecule has 1 aliphatic carbocycles. The third-order valence-corrected chi connectivity index (χ3v) is 4.50. The van der Waals surface area contributed by atoms with Crippen LogP contribution >= 0.6 is 0 Å². The average molecular weight is 326 g/mol. The first kappa shape index (κ1) is 16.5. The van der Waals surface area contributed by atoms with Crippen LogP contribution in [-0.4, -0.2) is 18.5 Å². The Balaban J connectivity index is 1.47. The summed E-state index contributed by atoms with van der Waals surface area (Å²) in [5.74, 6) is -0.271. The van der Waals surface area contributed by atoms with Crippen LogP contribution in [0.15, 0.2) is 42.5 Å². The minimum Gasteiger partial charge on any atom is -0.374 e. The van der Waals surface area contributed by atoms with Crippen LogP contribution in [0.3, 0.4) is 0 Å². The van der Waals surface area contributed by atoms with Crippen molar-refractivity contribution < 1.29 is 9.18 Å². The summed E-state index contributed by atoms with van der Waals surface area (Å²) in [6, 6.07) is 12.4. The molecule has 0 saturated heterocycles. The quantitative estimate of drug-likeness (QED) is 0.853. The van der Waals surface area contributed by atoms with Crippen LogP contribution in [0.5, 0.6) is 0 Å². The fourth-order valence-electron chi connectivity index (χ4n) is 3.11. The first-order valence-corrected chi connectivity index (χ1v) is 8.52. The van der Waals surface area contributed by atoms with Gasteiger partial charge in [0.2, 0.25) is 5.91 Å². The summed E-state index contributed by atoms with van der Waals surface area (Å²) in [5.41, 5.74) is 4.83. The lowest BCUT2D eigenvalue weighted by Gasteiger charge is -2.16. The van der Waals surface area contributed by atoms with E-state index in [1.54, 1.807) is 12.1 Å². The lowest BCUT2D eigenvalue weighted by molar-refractivity contribution is -0.121. The highest BCUT2D eigenvalue weighted by molar-refractivity contribution is 5.84. The molecule has 0 heterocycles. The number of fused-ring (bicyclic) bond motifs is 1. The topological polar surface area (TPSA) is 41.1 Å². The van der Waals surface area contributed by atoms with E-state index >= 15 is 0 Å². The molecule has 1 amide bonds. The van der Waals surface area contributed by atoms with Gasteiger partial charge in [-0.25, -0.2) is 4.39 Å². The van der Waals surface area contributed by atoms with Crippen LogP contribution < -0.4 is 10.6 Å². The van der Waals surface area contributed by atoms with Gasteiger partial charge in [-0.15, -0.1) is 0 Å². The van der Waals surface area contributed by atoms with Crippen LogP contribution in [0.1, 0.15) is 30.0 Å². The number of carbonyl (C=O) groups is 1. The average Bonchev–Trinajstić information content (AvgIpc) is 3.04. The van der Waals surface area contributed by atoms with Gasteiger partial charge in [0.15, 0.2) is 0 Å². The maximum atomic E-state index is 12.9. The van der Waals surface area contributed by atoms with E-state index in [9.17, 15) is 9.18 Å². The summed E-state index contributed by atoms with van der Waals surface area (Å²) in [7, 11) is 0. The molecule has 4 heteroatoms. The van der Waals surface area contributed by atoms with E-state index in [0.29, 0.717) is 13.0 Å². The number of rotatable bonds is 6. The van der Waals surface area contributed by atoms with Gasteiger partial charge in [0.05, 0.1) is 0 Å². The Kier molecular flexibility index (Phi) is 5.14. The van der Waals surface area contributed by atoms with Crippen LogP contribution in [0.2, 0.25) is 0 Å². The molecule has 126 valence electrons. The molecule has 0 aromatic heterocycles. The second-order valence-corrected chi connectivity index (χ2v) is 6.37. The number of aryl methyl sites for hydroxylation is 2. The minimum absolute atomic E-state index is 0.0300. The molecular weight excluding hydrogens is 303 g/mol. The van der Waals surface area contributed by atoms with Crippen LogP contribution in [0.4, 0.5) is 10.1 Å². The maximum Gasteiger partial charge on any atom is 0.242 e. The minimum atomic E-state index is -0.294. The standard InChI is InChI=1S/C20H23FN2O/c1-14(23-19-10-7-16-3-2-4-17(16)13-19)20(24)22-12-11-15-5-8-18(21)9-6-15/h5-10,13-14,23H,2-4,11-12H2,1H3,(H,22,24)/t14-/m0/s1. The number of halogens is 1. The van der Waals surface area contributed by atoms with Gasteiger partial charge in [-0.3, -0.25) is 4.79 Å². The zero-order valence-corrected chi connectivity index (χ0v) is 13.9.